The van der Waals surface area contributed by atoms with Gasteiger partial charge in [-0.25, -0.2) is 4.39 Å². The SMILES string of the molecule is CCOC(=O)[C@H](Sc1nnc(-c2ccccc2F)o1)c1ccccc1. The zero-order valence-electron chi connectivity index (χ0n) is 13.4. The number of thioether (sulfide) groups is 1. The third-order valence-corrected chi connectivity index (χ3v) is 4.40. The van der Waals surface area contributed by atoms with Gasteiger partial charge in [0, 0.05) is 0 Å². The summed E-state index contributed by atoms with van der Waals surface area (Å²) in [4.78, 5) is 12.3. The van der Waals surface area contributed by atoms with E-state index in [1.54, 1.807) is 25.1 Å². The Bertz CT molecular complexity index is 854. The number of benzene rings is 2. The number of ether oxygens (including phenoxy) is 1. The van der Waals surface area contributed by atoms with Gasteiger partial charge in [0.15, 0.2) is 0 Å². The minimum absolute atomic E-state index is 0.0660. The number of carbonyl (C=O) groups is 1. The minimum atomic E-state index is -0.643. The highest BCUT2D eigenvalue weighted by Crippen LogP contribution is 2.36. The zero-order chi connectivity index (χ0) is 17.6. The van der Waals surface area contributed by atoms with Crippen molar-refractivity contribution in [3.63, 3.8) is 0 Å². The van der Waals surface area contributed by atoms with Crippen LogP contribution >= 0.6 is 11.8 Å². The van der Waals surface area contributed by atoms with Crippen LogP contribution in [0.15, 0.2) is 64.2 Å². The molecular formula is C18H15FN2O3S. The van der Waals surface area contributed by atoms with Gasteiger partial charge in [-0.1, -0.05) is 42.5 Å². The van der Waals surface area contributed by atoms with Crippen molar-refractivity contribution in [1.29, 1.82) is 0 Å². The normalized spacial score (nSPS) is 11.9. The van der Waals surface area contributed by atoms with Crippen molar-refractivity contribution >= 4 is 17.7 Å². The largest absolute Gasteiger partial charge is 0.465 e. The van der Waals surface area contributed by atoms with Crippen LogP contribution in [0.3, 0.4) is 0 Å². The number of rotatable bonds is 6. The highest BCUT2D eigenvalue weighted by molar-refractivity contribution is 8.00. The maximum atomic E-state index is 13.8. The molecule has 0 aliphatic heterocycles. The fraction of sp³-hybridized carbons (Fsp3) is 0.167. The van der Waals surface area contributed by atoms with Gasteiger partial charge in [0.1, 0.15) is 11.1 Å². The van der Waals surface area contributed by atoms with Gasteiger partial charge in [-0.2, -0.15) is 0 Å². The molecule has 128 valence electrons. The lowest BCUT2D eigenvalue weighted by Crippen LogP contribution is -2.13. The molecule has 0 radical (unpaired) electrons. The fourth-order valence-electron chi connectivity index (χ4n) is 2.20. The van der Waals surface area contributed by atoms with Gasteiger partial charge in [-0.05, 0) is 36.4 Å². The summed E-state index contributed by atoms with van der Waals surface area (Å²) in [5, 5.41) is 7.31. The van der Waals surface area contributed by atoms with Crippen LogP contribution in [0.1, 0.15) is 17.7 Å². The molecule has 3 aromatic rings. The molecule has 0 amide bonds. The molecule has 5 nitrogen and oxygen atoms in total. The van der Waals surface area contributed by atoms with E-state index in [0.717, 1.165) is 17.3 Å². The summed E-state index contributed by atoms with van der Waals surface area (Å²) in [5.74, 6) is -0.784. The molecule has 0 N–H and O–H groups in total. The lowest BCUT2D eigenvalue weighted by atomic mass is 10.1. The molecule has 0 saturated heterocycles. The summed E-state index contributed by atoms with van der Waals surface area (Å²) in [6, 6.07) is 15.3. The number of hydrogen-bond acceptors (Lipinski definition) is 6. The van der Waals surface area contributed by atoms with Crippen LogP contribution in [-0.2, 0) is 9.53 Å². The van der Waals surface area contributed by atoms with Crippen LogP contribution in [0.4, 0.5) is 4.39 Å². The molecule has 0 bridgehead atoms. The summed E-state index contributed by atoms with van der Waals surface area (Å²) in [7, 11) is 0. The lowest BCUT2D eigenvalue weighted by molar-refractivity contribution is -0.142. The first-order chi connectivity index (χ1) is 12.2. The number of hydrogen-bond donors (Lipinski definition) is 0. The van der Waals surface area contributed by atoms with E-state index in [4.69, 9.17) is 9.15 Å². The third kappa shape index (κ3) is 4.06. The van der Waals surface area contributed by atoms with E-state index in [-0.39, 0.29) is 23.3 Å². The molecule has 0 aliphatic carbocycles. The third-order valence-electron chi connectivity index (χ3n) is 3.33. The van der Waals surface area contributed by atoms with E-state index < -0.39 is 17.0 Å². The Morgan fingerprint density at radius 2 is 1.88 bits per heavy atom. The van der Waals surface area contributed by atoms with Gasteiger partial charge < -0.3 is 9.15 Å². The maximum Gasteiger partial charge on any atom is 0.324 e. The summed E-state index contributed by atoms with van der Waals surface area (Å²) < 4.78 is 24.5. The minimum Gasteiger partial charge on any atom is -0.465 e. The quantitative estimate of drug-likeness (QED) is 0.484. The van der Waals surface area contributed by atoms with Crippen LogP contribution in [0.5, 0.6) is 0 Å². The number of esters is 1. The number of aromatic nitrogens is 2. The molecule has 0 unspecified atom stereocenters. The Morgan fingerprint density at radius 1 is 1.16 bits per heavy atom. The maximum absolute atomic E-state index is 13.8. The highest BCUT2D eigenvalue weighted by atomic mass is 32.2. The second kappa shape index (κ2) is 7.94. The van der Waals surface area contributed by atoms with Crippen LogP contribution < -0.4 is 0 Å². The Hall–Kier alpha value is -2.67. The summed E-state index contributed by atoms with van der Waals surface area (Å²) in [6.45, 7) is 2.01. The average molecular weight is 358 g/mol. The molecule has 1 heterocycles. The molecular weight excluding hydrogens is 343 g/mol. The topological polar surface area (TPSA) is 65.2 Å². The van der Waals surface area contributed by atoms with Crippen molar-refractivity contribution < 1.29 is 18.3 Å². The lowest BCUT2D eigenvalue weighted by Gasteiger charge is -2.13. The van der Waals surface area contributed by atoms with Crippen LogP contribution in [-0.4, -0.2) is 22.8 Å². The summed E-state index contributed by atoms with van der Waals surface area (Å²) in [5.41, 5.74) is 0.978. The molecule has 2 aromatic carbocycles. The highest BCUT2D eigenvalue weighted by Gasteiger charge is 2.26. The first kappa shape index (κ1) is 17.2. The van der Waals surface area contributed by atoms with Gasteiger partial charge in [-0.3, -0.25) is 4.79 Å². The molecule has 1 aromatic heterocycles. The smallest absolute Gasteiger partial charge is 0.324 e. The van der Waals surface area contributed by atoms with Crippen molar-refractivity contribution in [2.24, 2.45) is 0 Å². The first-order valence-electron chi connectivity index (χ1n) is 7.65. The zero-order valence-corrected chi connectivity index (χ0v) is 14.2. The average Bonchev–Trinajstić information content (AvgIpc) is 3.09. The van der Waals surface area contributed by atoms with Crippen molar-refractivity contribution in [2.75, 3.05) is 6.61 Å². The number of nitrogens with zero attached hydrogens (tertiary/aromatic N) is 2. The summed E-state index contributed by atoms with van der Waals surface area (Å²) in [6.07, 6.45) is 0. The first-order valence-corrected chi connectivity index (χ1v) is 8.53. The van der Waals surface area contributed by atoms with Crippen molar-refractivity contribution in [1.82, 2.24) is 10.2 Å². The molecule has 7 heteroatoms. The number of halogens is 1. The van der Waals surface area contributed by atoms with Gasteiger partial charge >= 0.3 is 5.97 Å². The van der Waals surface area contributed by atoms with Crippen LogP contribution in [0.2, 0.25) is 0 Å². The van der Waals surface area contributed by atoms with Crippen molar-refractivity contribution in [2.45, 2.75) is 17.4 Å². The molecule has 0 fully saturated rings. The molecule has 1 atom stereocenters. The van der Waals surface area contributed by atoms with Crippen LogP contribution in [0.25, 0.3) is 11.5 Å². The van der Waals surface area contributed by atoms with Gasteiger partial charge in [0.05, 0.1) is 12.2 Å². The van der Waals surface area contributed by atoms with E-state index in [9.17, 15) is 9.18 Å². The van der Waals surface area contributed by atoms with Gasteiger partial charge in [0.2, 0.25) is 0 Å². The monoisotopic (exact) mass is 358 g/mol. The van der Waals surface area contributed by atoms with E-state index in [1.165, 1.54) is 6.07 Å². The van der Waals surface area contributed by atoms with Crippen molar-refractivity contribution in [3.8, 4) is 11.5 Å². The Morgan fingerprint density at radius 3 is 2.60 bits per heavy atom. The molecule has 0 spiro atoms. The van der Waals surface area contributed by atoms with E-state index in [1.807, 2.05) is 30.3 Å². The molecule has 25 heavy (non-hydrogen) atoms. The van der Waals surface area contributed by atoms with Gasteiger partial charge in [0.25, 0.3) is 11.1 Å². The molecule has 0 aliphatic rings. The second-order valence-electron chi connectivity index (χ2n) is 5.01. The second-order valence-corrected chi connectivity index (χ2v) is 6.07. The predicted molar refractivity (Wildman–Crippen MR) is 91.4 cm³/mol. The van der Waals surface area contributed by atoms with E-state index in [0.29, 0.717) is 0 Å². The van der Waals surface area contributed by atoms with Crippen LogP contribution in [0, 0.1) is 5.82 Å². The summed E-state index contributed by atoms with van der Waals surface area (Å²) >= 11 is 1.07. The number of carbonyl (C=O) groups excluding carboxylic acids is 1. The van der Waals surface area contributed by atoms with Crippen molar-refractivity contribution in [3.05, 3.63) is 66.0 Å². The Balaban J connectivity index is 1.86. The van der Waals surface area contributed by atoms with E-state index in [2.05, 4.69) is 10.2 Å². The molecule has 3 rings (SSSR count). The fourth-order valence-corrected chi connectivity index (χ4v) is 3.07. The van der Waals surface area contributed by atoms with Gasteiger partial charge in [-0.15, -0.1) is 10.2 Å². The molecule has 0 saturated carbocycles. The Labute approximate surface area is 148 Å². The standard InChI is InChI=1S/C18H15FN2O3S/c1-2-23-17(22)15(12-8-4-3-5-9-12)25-18-21-20-16(24-18)13-10-6-7-11-14(13)19/h3-11,15H,2H2,1H3/t15-/m1/s1. The predicted octanol–water partition coefficient (Wildman–Crippen LogP) is 4.27. The Kier molecular flexibility index (Phi) is 5.45. The van der Waals surface area contributed by atoms with E-state index >= 15 is 0 Å².